The van der Waals surface area contributed by atoms with E-state index in [1.165, 1.54) is 0 Å². The normalized spacial score (nSPS) is 14.5. The molecule has 2 N–H and O–H groups in total. The fourth-order valence-electron chi connectivity index (χ4n) is 1.17. The molecule has 0 saturated carbocycles. The second-order valence-corrected chi connectivity index (χ2v) is 9.00. The molecule has 0 aliphatic rings. The topological polar surface area (TPSA) is 74.6 Å². The summed E-state index contributed by atoms with van der Waals surface area (Å²) in [5.74, 6) is -1.42. The maximum atomic E-state index is 10.7. The zero-order valence-corrected chi connectivity index (χ0v) is 13.5. The van der Waals surface area contributed by atoms with Crippen LogP contribution in [-0.2, 0) is 9.59 Å². The van der Waals surface area contributed by atoms with Gasteiger partial charge in [-0.1, -0.05) is 0 Å². The van der Waals surface area contributed by atoms with Crippen molar-refractivity contribution in [3.05, 3.63) is 0 Å². The average Bonchev–Trinajstić information content (AvgIpc) is 2.17. The van der Waals surface area contributed by atoms with Crippen molar-refractivity contribution in [2.45, 2.75) is 37.1 Å². The van der Waals surface area contributed by atoms with Crippen LogP contribution in [0, 0.1) is 0 Å². The molecular formula is C9H16O4Te2. The number of hydrogen-bond donors (Lipinski definition) is 2. The van der Waals surface area contributed by atoms with E-state index in [1.54, 1.807) is 0 Å². The zero-order valence-electron chi connectivity index (χ0n) is 8.80. The summed E-state index contributed by atoms with van der Waals surface area (Å²) in [5.41, 5.74) is 0. The fraction of sp³-hybridized carbons (Fsp3) is 0.778. The summed E-state index contributed by atoms with van der Waals surface area (Å²) in [6.07, 6.45) is 2.06. The Bertz CT molecular complexity index is 198. The van der Waals surface area contributed by atoms with Crippen LogP contribution in [0.15, 0.2) is 0 Å². The van der Waals surface area contributed by atoms with Crippen LogP contribution in [0.1, 0.15) is 19.3 Å². The van der Waals surface area contributed by atoms with Crippen LogP contribution >= 0.6 is 0 Å². The number of rotatable bonds is 8. The van der Waals surface area contributed by atoms with Crippen molar-refractivity contribution in [3.8, 4) is 0 Å². The number of carbonyl (C=O) groups is 2. The molecule has 0 saturated heterocycles. The van der Waals surface area contributed by atoms with Crippen molar-refractivity contribution >= 4 is 53.8 Å². The van der Waals surface area contributed by atoms with Crippen LogP contribution in [-0.4, -0.2) is 64.0 Å². The molecule has 4 nitrogen and oxygen atoms in total. The first-order valence-electron chi connectivity index (χ1n) is 4.54. The first-order valence-corrected chi connectivity index (χ1v) is 11.9. The van der Waals surface area contributed by atoms with Crippen molar-refractivity contribution in [3.63, 3.8) is 0 Å². The van der Waals surface area contributed by atoms with Gasteiger partial charge >= 0.3 is 111 Å². The number of carboxylic acids is 2. The van der Waals surface area contributed by atoms with E-state index in [0.717, 1.165) is 6.42 Å². The third kappa shape index (κ3) is 6.64. The van der Waals surface area contributed by atoms with Crippen molar-refractivity contribution in [1.29, 1.82) is 0 Å². The average molecular weight is 443 g/mol. The molecule has 2 atom stereocenters. The van der Waals surface area contributed by atoms with Crippen LogP contribution in [0.25, 0.3) is 0 Å². The van der Waals surface area contributed by atoms with Gasteiger partial charge in [0.05, 0.1) is 0 Å². The molecule has 0 bridgehead atoms. The molecule has 15 heavy (non-hydrogen) atoms. The zero-order chi connectivity index (χ0) is 11.8. The molecule has 0 aliphatic heterocycles. The van der Waals surface area contributed by atoms with E-state index in [4.69, 9.17) is 10.2 Å². The number of aliphatic carboxylic acids is 2. The Morgan fingerprint density at radius 1 is 1.00 bits per heavy atom. The first-order chi connectivity index (χ1) is 7.02. The van der Waals surface area contributed by atoms with Crippen LogP contribution < -0.4 is 0 Å². The summed E-state index contributed by atoms with van der Waals surface area (Å²) in [7, 11) is 0. The number of hydrogen-bond acceptors (Lipinski definition) is 2. The van der Waals surface area contributed by atoms with Crippen LogP contribution in [0.5, 0.6) is 0 Å². The molecule has 6 heteroatoms. The van der Waals surface area contributed by atoms with E-state index in [9.17, 15) is 9.59 Å². The Morgan fingerprint density at radius 3 is 1.53 bits per heavy atom. The van der Waals surface area contributed by atoms with Gasteiger partial charge in [0, 0.05) is 0 Å². The second-order valence-electron chi connectivity index (χ2n) is 3.06. The molecule has 0 spiro atoms. The summed E-state index contributed by atoms with van der Waals surface area (Å²) in [6, 6.07) is 0. The van der Waals surface area contributed by atoms with Crippen molar-refractivity contribution < 1.29 is 19.8 Å². The molecule has 0 aromatic heterocycles. The van der Waals surface area contributed by atoms with Gasteiger partial charge in [0.15, 0.2) is 0 Å². The molecule has 0 aromatic carbocycles. The molecule has 0 rings (SSSR count). The van der Waals surface area contributed by atoms with Gasteiger partial charge in [-0.05, 0) is 0 Å². The molecule has 0 aromatic rings. The number of carboxylic acid groups (broad SMARTS) is 2. The monoisotopic (exact) mass is 448 g/mol. The Hall–Kier alpha value is 0.519. The minimum absolute atomic E-state index is 0.178. The van der Waals surface area contributed by atoms with Gasteiger partial charge in [0.2, 0.25) is 0 Å². The Kier molecular flexibility index (Phi) is 8.95. The summed E-state index contributed by atoms with van der Waals surface area (Å²) >= 11 is -0.906. The third-order valence-corrected chi connectivity index (χ3v) is 7.80. The fourth-order valence-corrected chi connectivity index (χ4v) is 4.62. The standard InChI is InChI=1S/C9H16O4Te2/c1-14-6(8(10)11)4-3-5-7(15-2)9(12)13/h6-7H,3-5H2,1-2H3,(H,10,11)(H,12,13). The minimum atomic E-state index is -0.709. The Balaban J connectivity index is 3.85. The van der Waals surface area contributed by atoms with E-state index in [2.05, 4.69) is 0 Å². The van der Waals surface area contributed by atoms with Gasteiger partial charge in [-0.15, -0.1) is 0 Å². The second kappa shape index (κ2) is 8.65. The SMILES string of the molecule is C[Te]C(CCCC([Te]C)C(=O)O)C(=O)O. The van der Waals surface area contributed by atoms with Crippen molar-refractivity contribution in [1.82, 2.24) is 0 Å². The molecule has 0 fully saturated rings. The van der Waals surface area contributed by atoms with Crippen LogP contribution in [0.4, 0.5) is 0 Å². The predicted molar refractivity (Wildman–Crippen MR) is 59.9 cm³/mol. The predicted octanol–water partition coefficient (Wildman–Crippen LogP) is 1.41. The van der Waals surface area contributed by atoms with Gasteiger partial charge < -0.3 is 0 Å². The first kappa shape index (κ1) is 15.5. The van der Waals surface area contributed by atoms with Gasteiger partial charge in [0.1, 0.15) is 0 Å². The molecular weight excluding hydrogens is 427 g/mol. The summed E-state index contributed by atoms with van der Waals surface area (Å²) in [6.45, 7) is 0. The molecule has 0 heterocycles. The molecule has 0 aliphatic carbocycles. The molecule has 88 valence electrons. The van der Waals surface area contributed by atoms with Crippen molar-refractivity contribution in [2.24, 2.45) is 0 Å². The quantitative estimate of drug-likeness (QED) is 0.557. The van der Waals surface area contributed by atoms with E-state index in [-0.39, 0.29) is 7.93 Å². The van der Waals surface area contributed by atoms with Crippen molar-refractivity contribution in [2.75, 3.05) is 0 Å². The summed E-state index contributed by atoms with van der Waals surface area (Å²) in [5, 5.41) is 17.7. The third-order valence-electron chi connectivity index (χ3n) is 2.05. The Morgan fingerprint density at radius 2 is 1.33 bits per heavy atom. The van der Waals surface area contributed by atoms with Crippen LogP contribution in [0.2, 0.25) is 17.9 Å². The van der Waals surface area contributed by atoms with Gasteiger partial charge in [-0.3, -0.25) is 0 Å². The molecule has 0 radical (unpaired) electrons. The van der Waals surface area contributed by atoms with Gasteiger partial charge in [-0.25, -0.2) is 0 Å². The van der Waals surface area contributed by atoms with E-state index in [0.29, 0.717) is 12.8 Å². The molecule has 2 unspecified atom stereocenters. The van der Waals surface area contributed by atoms with E-state index < -0.39 is 53.8 Å². The Labute approximate surface area is 110 Å². The van der Waals surface area contributed by atoms with Gasteiger partial charge in [-0.2, -0.15) is 0 Å². The summed E-state index contributed by atoms with van der Waals surface area (Å²) in [4.78, 5) is 25.4. The maximum absolute atomic E-state index is 10.7. The summed E-state index contributed by atoms with van der Waals surface area (Å²) < 4.78 is -0.357. The van der Waals surface area contributed by atoms with Gasteiger partial charge in [0.25, 0.3) is 0 Å². The van der Waals surface area contributed by atoms with E-state index in [1.807, 2.05) is 9.94 Å². The molecule has 0 amide bonds. The van der Waals surface area contributed by atoms with E-state index >= 15 is 0 Å². The van der Waals surface area contributed by atoms with Crippen LogP contribution in [0.3, 0.4) is 0 Å².